The van der Waals surface area contributed by atoms with Gasteiger partial charge in [0.05, 0.1) is 12.0 Å². The highest BCUT2D eigenvalue weighted by atomic mass is 19.1. The molecule has 0 radical (unpaired) electrons. The number of hydrogen-bond donors (Lipinski definition) is 1. The fourth-order valence-corrected chi connectivity index (χ4v) is 3.14. The highest BCUT2D eigenvalue weighted by Crippen LogP contribution is 2.36. The van der Waals surface area contributed by atoms with Crippen LogP contribution in [0, 0.1) is 17.6 Å². The molecule has 2 atom stereocenters. The lowest BCUT2D eigenvalue weighted by Crippen LogP contribution is -2.40. The predicted molar refractivity (Wildman–Crippen MR) is 83.4 cm³/mol. The monoisotopic (exact) mass is 317 g/mol. The fourth-order valence-electron chi connectivity index (χ4n) is 3.14. The van der Waals surface area contributed by atoms with Gasteiger partial charge in [0.15, 0.2) is 0 Å². The second-order valence-corrected chi connectivity index (χ2v) is 5.90. The highest BCUT2D eigenvalue weighted by Gasteiger charge is 2.32. The van der Waals surface area contributed by atoms with Gasteiger partial charge in [-0.15, -0.1) is 0 Å². The summed E-state index contributed by atoms with van der Waals surface area (Å²) in [7, 11) is 0. The van der Waals surface area contributed by atoms with E-state index in [1.54, 1.807) is 18.2 Å². The molecule has 1 aliphatic heterocycles. The van der Waals surface area contributed by atoms with Gasteiger partial charge < -0.3 is 10.0 Å². The third-order valence-corrected chi connectivity index (χ3v) is 4.38. The van der Waals surface area contributed by atoms with Crippen LogP contribution in [0.25, 0.3) is 0 Å². The van der Waals surface area contributed by atoms with Crippen molar-refractivity contribution in [2.45, 2.75) is 19.4 Å². The molecule has 0 amide bonds. The van der Waals surface area contributed by atoms with Crippen molar-refractivity contribution in [3.63, 3.8) is 0 Å². The molecule has 2 unspecified atom stereocenters. The van der Waals surface area contributed by atoms with Gasteiger partial charge in [0.1, 0.15) is 11.6 Å². The maximum Gasteiger partial charge on any atom is 0.308 e. The lowest BCUT2D eigenvalue weighted by atomic mass is 9.90. The Bertz CT molecular complexity index is 748. The minimum Gasteiger partial charge on any atom is -0.481 e. The van der Waals surface area contributed by atoms with Gasteiger partial charge >= 0.3 is 5.97 Å². The molecule has 0 spiro atoms. The predicted octanol–water partition coefficient (Wildman–Crippen LogP) is 3.79. The Morgan fingerprint density at radius 3 is 2.65 bits per heavy atom. The van der Waals surface area contributed by atoms with Gasteiger partial charge in [-0.2, -0.15) is 0 Å². The van der Waals surface area contributed by atoms with Gasteiger partial charge in [0.2, 0.25) is 0 Å². The van der Waals surface area contributed by atoms with Crippen LogP contribution in [0.15, 0.2) is 42.5 Å². The van der Waals surface area contributed by atoms with Crippen molar-refractivity contribution in [2.75, 3.05) is 11.4 Å². The number of rotatable bonds is 3. The van der Waals surface area contributed by atoms with Crippen molar-refractivity contribution in [1.29, 1.82) is 0 Å². The van der Waals surface area contributed by atoms with Crippen molar-refractivity contribution in [1.82, 2.24) is 0 Å². The van der Waals surface area contributed by atoms with E-state index in [1.165, 1.54) is 24.3 Å². The summed E-state index contributed by atoms with van der Waals surface area (Å²) in [6, 6.07) is 10.5. The van der Waals surface area contributed by atoms with E-state index < -0.39 is 11.9 Å². The molecule has 0 aliphatic carbocycles. The number of aliphatic carboxylic acids is 1. The summed E-state index contributed by atoms with van der Waals surface area (Å²) in [6.07, 6.45) is 0.300. The number of benzene rings is 2. The Labute approximate surface area is 133 Å². The zero-order chi connectivity index (χ0) is 16.6. The molecule has 0 aromatic heterocycles. The van der Waals surface area contributed by atoms with Crippen LogP contribution in [0.5, 0.6) is 0 Å². The van der Waals surface area contributed by atoms with Crippen molar-refractivity contribution in [3.05, 3.63) is 65.2 Å². The summed E-state index contributed by atoms with van der Waals surface area (Å²) in [5.74, 6) is -2.23. The molecule has 0 saturated carbocycles. The van der Waals surface area contributed by atoms with E-state index in [1.807, 2.05) is 11.8 Å². The number of hydrogen-bond acceptors (Lipinski definition) is 2. The first-order valence-corrected chi connectivity index (χ1v) is 7.49. The number of carbonyl (C=O) groups is 1. The van der Waals surface area contributed by atoms with Gasteiger partial charge in [0, 0.05) is 12.2 Å². The van der Waals surface area contributed by atoms with Gasteiger partial charge in [-0.3, -0.25) is 4.79 Å². The number of carboxylic acids is 1. The van der Waals surface area contributed by atoms with Crippen molar-refractivity contribution < 1.29 is 18.7 Å². The SMILES string of the molecule is CC(c1cccc(F)c1)N1CC(C(=O)O)Cc2cc(F)ccc21. The molecule has 120 valence electrons. The molecule has 1 heterocycles. The molecule has 0 saturated heterocycles. The molecule has 2 aromatic rings. The fraction of sp³-hybridized carbons (Fsp3) is 0.278. The average Bonchev–Trinajstić information content (AvgIpc) is 2.52. The summed E-state index contributed by atoms with van der Waals surface area (Å²) in [5.41, 5.74) is 2.24. The number of anilines is 1. The van der Waals surface area contributed by atoms with Crippen LogP contribution in [0.4, 0.5) is 14.5 Å². The van der Waals surface area contributed by atoms with E-state index in [0.29, 0.717) is 18.5 Å². The van der Waals surface area contributed by atoms with Crippen molar-refractivity contribution in [2.24, 2.45) is 5.92 Å². The summed E-state index contributed by atoms with van der Waals surface area (Å²) >= 11 is 0. The molecule has 0 bridgehead atoms. The average molecular weight is 317 g/mol. The van der Waals surface area contributed by atoms with E-state index in [4.69, 9.17) is 0 Å². The van der Waals surface area contributed by atoms with E-state index in [9.17, 15) is 18.7 Å². The molecule has 0 fully saturated rings. The molecule has 2 aromatic carbocycles. The van der Waals surface area contributed by atoms with Crippen LogP contribution in [-0.4, -0.2) is 17.6 Å². The molecule has 1 N–H and O–H groups in total. The normalized spacial score (nSPS) is 18.4. The Morgan fingerprint density at radius 2 is 1.96 bits per heavy atom. The summed E-state index contributed by atoms with van der Waals surface area (Å²) in [5, 5.41) is 9.37. The van der Waals surface area contributed by atoms with Gasteiger partial charge in [-0.05, 0) is 54.8 Å². The van der Waals surface area contributed by atoms with Crippen LogP contribution >= 0.6 is 0 Å². The van der Waals surface area contributed by atoms with Crippen molar-refractivity contribution in [3.8, 4) is 0 Å². The van der Waals surface area contributed by atoms with Crippen LogP contribution in [0.1, 0.15) is 24.1 Å². The first-order chi connectivity index (χ1) is 11.0. The summed E-state index contributed by atoms with van der Waals surface area (Å²) < 4.78 is 27.0. The lowest BCUT2D eigenvalue weighted by Gasteiger charge is -2.39. The smallest absolute Gasteiger partial charge is 0.308 e. The minimum absolute atomic E-state index is 0.211. The number of fused-ring (bicyclic) bond motifs is 1. The van der Waals surface area contributed by atoms with E-state index in [2.05, 4.69) is 0 Å². The summed E-state index contributed by atoms with van der Waals surface area (Å²) in [6.45, 7) is 2.21. The zero-order valence-corrected chi connectivity index (χ0v) is 12.7. The molecular weight excluding hydrogens is 300 g/mol. The molecule has 1 aliphatic rings. The van der Waals surface area contributed by atoms with Crippen LogP contribution < -0.4 is 4.90 Å². The molecule has 5 heteroatoms. The third kappa shape index (κ3) is 3.04. The Kier molecular flexibility index (Phi) is 4.03. The topological polar surface area (TPSA) is 40.5 Å². The Morgan fingerprint density at radius 1 is 1.22 bits per heavy atom. The third-order valence-electron chi connectivity index (χ3n) is 4.38. The summed E-state index contributed by atoms with van der Waals surface area (Å²) in [4.78, 5) is 13.3. The van der Waals surface area contributed by atoms with Crippen LogP contribution in [-0.2, 0) is 11.2 Å². The molecule has 3 nitrogen and oxygen atoms in total. The molecular formula is C18H17F2NO2. The number of carboxylic acid groups (broad SMARTS) is 1. The molecule has 23 heavy (non-hydrogen) atoms. The lowest BCUT2D eigenvalue weighted by molar-refractivity contribution is -0.141. The Hall–Kier alpha value is -2.43. The highest BCUT2D eigenvalue weighted by molar-refractivity contribution is 5.74. The van der Waals surface area contributed by atoms with Crippen molar-refractivity contribution >= 4 is 11.7 Å². The standard InChI is InChI=1S/C18H17F2NO2/c1-11(12-3-2-4-15(19)8-12)21-10-14(18(22)23)7-13-9-16(20)5-6-17(13)21/h2-6,8-9,11,14H,7,10H2,1H3,(H,22,23). The first kappa shape index (κ1) is 15.5. The van der Waals surface area contributed by atoms with Crippen LogP contribution in [0.2, 0.25) is 0 Å². The second kappa shape index (κ2) is 5.99. The molecule has 3 rings (SSSR count). The second-order valence-electron chi connectivity index (χ2n) is 5.90. The Balaban J connectivity index is 2.01. The van der Waals surface area contributed by atoms with Gasteiger partial charge in [-0.25, -0.2) is 8.78 Å². The largest absolute Gasteiger partial charge is 0.481 e. The van der Waals surface area contributed by atoms with Gasteiger partial charge in [0.25, 0.3) is 0 Å². The van der Waals surface area contributed by atoms with Gasteiger partial charge in [-0.1, -0.05) is 12.1 Å². The zero-order valence-electron chi connectivity index (χ0n) is 12.7. The van der Waals surface area contributed by atoms with E-state index in [-0.39, 0.29) is 17.7 Å². The van der Waals surface area contributed by atoms with E-state index >= 15 is 0 Å². The first-order valence-electron chi connectivity index (χ1n) is 7.49. The quantitative estimate of drug-likeness (QED) is 0.936. The number of nitrogens with zero attached hydrogens (tertiary/aromatic N) is 1. The maximum absolute atomic E-state index is 13.5. The number of halogens is 2. The minimum atomic E-state index is -0.906. The van der Waals surface area contributed by atoms with E-state index in [0.717, 1.165) is 11.3 Å². The maximum atomic E-state index is 13.5. The van der Waals surface area contributed by atoms with Crippen LogP contribution in [0.3, 0.4) is 0 Å².